The molecule has 0 aliphatic carbocycles. The maximum Gasteiger partial charge on any atom is 0.338 e. The van der Waals surface area contributed by atoms with E-state index >= 15 is 0 Å². The predicted octanol–water partition coefficient (Wildman–Crippen LogP) is 4.00. The van der Waals surface area contributed by atoms with Crippen LogP contribution in [0, 0.1) is 9.39 Å². The third-order valence-electron chi connectivity index (χ3n) is 2.76. The first-order valence-electron chi connectivity index (χ1n) is 6.04. The van der Waals surface area contributed by atoms with E-state index in [1.165, 1.54) is 29.5 Å². The Labute approximate surface area is 138 Å². The maximum atomic E-state index is 13.0. The number of hydrogen-bond acceptors (Lipinski definition) is 3. The number of carboxylic acid groups (broad SMARTS) is 1. The van der Waals surface area contributed by atoms with Gasteiger partial charge in [-0.3, -0.25) is 4.79 Å². The number of carbonyl (C=O) groups is 2. The summed E-state index contributed by atoms with van der Waals surface area (Å²) in [6, 6.07) is 5.38. The normalized spacial score (nSPS) is 10.4. The fourth-order valence-electron chi connectivity index (χ4n) is 1.71. The van der Waals surface area contributed by atoms with E-state index in [2.05, 4.69) is 5.32 Å². The first-order chi connectivity index (χ1) is 9.92. The van der Waals surface area contributed by atoms with Crippen LogP contribution >= 0.6 is 33.9 Å². The summed E-state index contributed by atoms with van der Waals surface area (Å²) in [7, 11) is 0. The second-order valence-electron chi connectivity index (χ2n) is 4.19. The fourth-order valence-corrected chi connectivity index (χ4v) is 3.42. The molecule has 0 saturated carbocycles. The van der Waals surface area contributed by atoms with Gasteiger partial charge in [0.2, 0.25) is 0 Å². The molecule has 0 aliphatic rings. The number of thiophene rings is 1. The molecule has 1 aromatic heterocycles. The van der Waals surface area contributed by atoms with E-state index in [0.29, 0.717) is 20.6 Å². The lowest BCUT2D eigenvalue weighted by atomic mass is 10.2. The summed E-state index contributed by atoms with van der Waals surface area (Å²) < 4.78 is 13.5. The van der Waals surface area contributed by atoms with Gasteiger partial charge in [-0.25, -0.2) is 9.18 Å². The Morgan fingerprint density at radius 2 is 2.05 bits per heavy atom. The van der Waals surface area contributed by atoms with Crippen LogP contribution in [-0.2, 0) is 6.42 Å². The van der Waals surface area contributed by atoms with Crippen LogP contribution in [0.15, 0.2) is 24.3 Å². The van der Waals surface area contributed by atoms with E-state index in [1.807, 2.05) is 29.5 Å². The lowest BCUT2D eigenvalue weighted by Gasteiger charge is -2.06. The van der Waals surface area contributed by atoms with Gasteiger partial charge in [-0.1, -0.05) is 6.92 Å². The van der Waals surface area contributed by atoms with Crippen LogP contribution in [0.2, 0.25) is 0 Å². The minimum absolute atomic E-state index is 0.0716. The number of benzene rings is 1. The highest BCUT2D eigenvalue weighted by molar-refractivity contribution is 14.1. The van der Waals surface area contributed by atoms with Crippen molar-refractivity contribution < 1.29 is 19.1 Å². The number of nitrogens with one attached hydrogen (secondary N) is 1. The quantitative estimate of drug-likeness (QED) is 0.737. The lowest BCUT2D eigenvalue weighted by molar-refractivity contribution is 0.0698. The summed E-state index contributed by atoms with van der Waals surface area (Å²) in [5, 5.41) is 12.0. The van der Waals surface area contributed by atoms with E-state index in [0.717, 1.165) is 4.88 Å². The average molecular weight is 419 g/mol. The van der Waals surface area contributed by atoms with E-state index in [9.17, 15) is 14.0 Å². The van der Waals surface area contributed by atoms with Gasteiger partial charge in [0.15, 0.2) is 0 Å². The van der Waals surface area contributed by atoms with Crippen LogP contribution in [0.25, 0.3) is 0 Å². The van der Waals surface area contributed by atoms with Crippen LogP contribution in [0.3, 0.4) is 0 Å². The largest absolute Gasteiger partial charge is 0.478 e. The highest BCUT2D eigenvalue weighted by Gasteiger charge is 2.18. The Kier molecular flexibility index (Phi) is 4.94. The molecule has 1 aromatic carbocycles. The smallest absolute Gasteiger partial charge is 0.338 e. The second-order valence-corrected chi connectivity index (χ2v) is 6.49. The summed E-state index contributed by atoms with van der Waals surface area (Å²) >= 11 is 3.10. The molecule has 4 nitrogen and oxygen atoms in total. The Morgan fingerprint density at radius 1 is 1.33 bits per heavy atom. The zero-order valence-electron chi connectivity index (χ0n) is 10.9. The molecule has 2 N–H and O–H groups in total. The molecule has 1 heterocycles. The second kappa shape index (κ2) is 6.52. The van der Waals surface area contributed by atoms with Crippen LogP contribution in [0.5, 0.6) is 0 Å². The van der Waals surface area contributed by atoms with Crippen molar-refractivity contribution in [2.45, 2.75) is 13.3 Å². The number of hydrogen-bond donors (Lipinski definition) is 2. The molecule has 2 aromatic rings. The summed E-state index contributed by atoms with van der Waals surface area (Å²) in [5.74, 6) is -1.96. The maximum absolute atomic E-state index is 13.0. The van der Waals surface area contributed by atoms with Gasteiger partial charge in [0.05, 0.1) is 11.1 Å². The number of rotatable bonds is 4. The van der Waals surface area contributed by atoms with Crippen molar-refractivity contribution in [1.29, 1.82) is 0 Å². The molecule has 0 bridgehead atoms. The number of halogens is 2. The first kappa shape index (κ1) is 15.9. The molecule has 0 spiro atoms. The van der Waals surface area contributed by atoms with Gasteiger partial charge in [0, 0.05) is 8.45 Å². The minimum Gasteiger partial charge on any atom is -0.478 e. The van der Waals surface area contributed by atoms with Gasteiger partial charge in [-0.15, -0.1) is 11.3 Å². The van der Waals surface area contributed by atoms with Gasteiger partial charge in [-0.05, 0) is 53.3 Å². The van der Waals surface area contributed by atoms with E-state index in [-0.39, 0.29) is 5.56 Å². The molecule has 21 heavy (non-hydrogen) atoms. The van der Waals surface area contributed by atoms with Crippen molar-refractivity contribution in [1.82, 2.24) is 0 Å². The number of carbonyl (C=O) groups excluding carboxylic acids is 1. The van der Waals surface area contributed by atoms with Crippen LogP contribution < -0.4 is 5.32 Å². The molecule has 0 radical (unpaired) electrons. The van der Waals surface area contributed by atoms with Gasteiger partial charge in [0.1, 0.15) is 10.8 Å². The van der Waals surface area contributed by atoms with E-state index in [1.54, 1.807) is 6.07 Å². The molecular formula is C14H11FINO3S. The van der Waals surface area contributed by atoms with Crippen molar-refractivity contribution in [3.8, 4) is 0 Å². The zero-order valence-corrected chi connectivity index (χ0v) is 13.9. The Balaban J connectivity index is 2.31. The molecule has 7 heteroatoms. The predicted molar refractivity (Wildman–Crippen MR) is 87.7 cm³/mol. The highest BCUT2D eigenvalue weighted by atomic mass is 127. The molecular weight excluding hydrogens is 408 g/mol. The Bertz CT molecular complexity index is 714. The third-order valence-corrected chi connectivity index (χ3v) is 4.85. The molecule has 1 amide bonds. The average Bonchev–Trinajstić information content (AvgIpc) is 2.81. The molecule has 0 fully saturated rings. The number of amides is 1. The number of anilines is 1. The monoisotopic (exact) mass is 419 g/mol. The van der Waals surface area contributed by atoms with Gasteiger partial charge in [0.25, 0.3) is 5.91 Å². The molecule has 2 rings (SSSR count). The number of carboxylic acids is 1. The van der Waals surface area contributed by atoms with Crippen LogP contribution in [-0.4, -0.2) is 17.0 Å². The fraction of sp³-hybridized carbons (Fsp3) is 0.143. The summed E-state index contributed by atoms with van der Waals surface area (Å²) in [6.07, 6.45) is 0.689. The number of aromatic carboxylic acids is 1. The summed E-state index contributed by atoms with van der Waals surface area (Å²) in [5.41, 5.74) is 0.377. The summed E-state index contributed by atoms with van der Waals surface area (Å²) in [6.45, 7) is 1.91. The topological polar surface area (TPSA) is 66.4 Å². The van der Waals surface area contributed by atoms with Crippen molar-refractivity contribution in [3.63, 3.8) is 0 Å². The minimum atomic E-state index is -1.09. The molecule has 0 atom stereocenters. The molecule has 0 saturated heterocycles. The number of aryl methyl sites for hydroxylation is 1. The third kappa shape index (κ3) is 3.59. The summed E-state index contributed by atoms with van der Waals surface area (Å²) in [4.78, 5) is 24.3. The van der Waals surface area contributed by atoms with E-state index < -0.39 is 17.7 Å². The van der Waals surface area contributed by atoms with E-state index in [4.69, 9.17) is 5.11 Å². The Morgan fingerprint density at radius 3 is 2.62 bits per heavy atom. The Hall–Kier alpha value is -1.48. The molecule has 110 valence electrons. The van der Waals surface area contributed by atoms with Gasteiger partial charge < -0.3 is 10.4 Å². The highest BCUT2D eigenvalue weighted by Crippen LogP contribution is 2.29. The lowest BCUT2D eigenvalue weighted by Crippen LogP contribution is -2.14. The van der Waals surface area contributed by atoms with Crippen molar-refractivity contribution in [3.05, 3.63) is 49.7 Å². The first-order valence-corrected chi connectivity index (χ1v) is 7.94. The van der Waals surface area contributed by atoms with Crippen molar-refractivity contribution in [2.75, 3.05) is 5.32 Å². The van der Waals surface area contributed by atoms with Crippen LogP contribution in [0.1, 0.15) is 32.5 Å². The molecule has 0 unspecified atom stereocenters. The molecule has 0 aliphatic heterocycles. The SMILES string of the molecule is CCc1cc(C(=O)O)c(NC(=O)c2ccc(F)cc2I)s1. The van der Waals surface area contributed by atoms with Crippen molar-refractivity contribution >= 4 is 50.8 Å². The van der Waals surface area contributed by atoms with Crippen LogP contribution in [0.4, 0.5) is 9.39 Å². The standard InChI is InChI=1S/C14H11FINO3S/c1-2-8-6-10(14(19)20)13(21-8)17-12(18)9-4-3-7(15)5-11(9)16/h3-6H,2H2,1H3,(H,17,18)(H,19,20). The zero-order chi connectivity index (χ0) is 15.6. The van der Waals surface area contributed by atoms with Gasteiger partial charge >= 0.3 is 5.97 Å². The van der Waals surface area contributed by atoms with Crippen molar-refractivity contribution in [2.24, 2.45) is 0 Å². The van der Waals surface area contributed by atoms with Gasteiger partial charge in [-0.2, -0.15) is 0 Å².